The van der Waals surface area contributed by atoms with E-state index in [0.29, 0.717) is 17.7 Å². The molecule has 0 saturated carbocycles. The highest BCUT2D eigenvalue weighted by Crippen LogP contribution is 2.29. The Morgan fingerprint density at radius 1 is 1.14 bits per heavy atom. The normalized spacial score (nSPS) is 10.5. The first-order valence-electron chi connectivity index (χ1n) is 6.97. The summed E-state index contributed by atoms with van der Waals surface area (Å²) in [4.78, 5) is 12.2. The maximum atomic E-state index is 12.2. The number of hydrogen-bond donors (Lipinski definition) is 2. The summed E-state index contributed by atoms with van der Waals surface area (Å²) in [5.41, 5.74) is 0.811. The van der Waals surface area contributed by atoms with Crippen molar-refractivity contribution in [1.82, 2.24) is 0 Å². The third kappa shape index (κ3) is 4.01. The maximum absolute atomic E-state index is 12.2. The number of phenolic OH excluding ortho intramolecular Hbond substituents is 2. The van der Waals surface area contributed by atoms with Gasteiger partial charge in [0.25, 0.3) is 0 Å². The van der Waals surface area contributed by atoms with Crippen LogP contribution in [0, 0.1) is 0 Å². The molecule has 0 aliphatic rings. The van der Waals surface area contributed by atoms with Crippen molar-refractivity contribution in [2.24, 2.45) is 0 Å². The average Bonchev–Trinajstić information content (AvgIpc) is 2.49. The number of Topliss-reactive ketones (excluding diaryl/α,β-unsaturated/α-hetero) is 1. The molecule has 0 bridgehead atoms. The monoisotopic (exact) mass is 364 g/mol. The smallest absolute Gasteiger partial charge is 0.203 e. The minimum absolute atomic E-state index is 0.00438. The molecule has 0 aliphatic carbocycles. The van der Waals surface area contributed by atoms with Gasteiger partial charge >= 0.3 is 0 Å². The van der Waals surface area contributed by atoms with Crippen LogP contribution in [0.15, 0.2) is 40.9 Å². The molecule has 0 aromatic heterocycles. The summed E-state index contributed by atoms with van der Waals surface area (Å²) in [5.74, 6) is 0.00728. The van der Waals surface area contributed by atoms with Crippen molar-refractivity contribution < 1.29 is 19.7 Å². The molecule has 0 heterocycles. The summed E-state index contributed by atoms with van der Waals surface area (Å²) in [7, 11) is 0. The second kappa shape index (κ2) is 7.31. The zero-order chi connectivity index (χ0) is 16.1. The van der Waals surface area contributed by atoms with Gasteiger partial charge in [-0.05, 0) is 42.3 Å². The van der Waals surface area contributed by atoms with Crippen molar-refractivity contribution in [1.29, 1.82) is 0 Å². The topological polar surface area (TPSA) is 66.8 Å². The number of carbonyl (C=O) groups is 1. The number of aryl methyl sites for hydroxylation is 1. The standard InChI is InChI=1S/C17H17BrO4/c1-2-3-11-8-14(16(20)9-15(11)19)17(21)10-22-13-6-4-12(18)5-7-13/h4-9,19-20H,2-3,10H2,1H3. The first kappa shape index (κ1) is 16.4. The summed E-state index contributed by atoms with van der Waals surface area (Å²) in [6.07, 6.45) is 1.47. The van der Waals surface area contributed by atoms with Gasteiger partial charge in [0.15, 0.2) is 6.61 Å². The van der Waals surface area contributed by atoms with Gasteiger partial charge in [-0.25, -0.2) is 0 Å². The molecule has 2 aromatic rings. The van der Waals surface area contributed by atoms with Crippen LogP contribution >= 0.6 is 15.9 Å². The van der Waals surface area contributed by atoms with Gasteiger partial charge in [-0.1, -0.05) is 29.3 Å². The minimum Gasteiger partial charge on any atom is -0.508 e. The predicted octanol–water partition coefficient (Wildman–Crippen LogP) is 4.07. The van der Waals surface area contributed by atoms with E-state index in [-0.39, 0.29) is 29.5 Å². The Labute approximate surface area is 137 Å². The molecule has 0 unspecified atom stereocenters. The fraction of sp³-hybridized carbons (Fsp3) is 0.235. The van der Waals surface area contributed by atoms with Crippen LogP contribution in [-0.2, 0) is 6.42 Å². The highest BCUT2D eigenvalue weighted by atomic mass is 79.9. The first-order valence-corrected chi connectivity index (χ1v) is 7.77. The lowest BCUT2D eigenvalue weighted by Gasteiger charge is -2.10. The number of rotatable bonds is 6. The number of hydrogen-bond acceptors (Lipinski definition) is 4. The van der Waals surface area contributed by atoms with E-state index in [1.54, 1.807) is 12.1 Å². The molecule has 2 N–H and O–H groups in total. The van der Waals surface area contributed by atoms with Gasteiger partial charge in [0, 0.05) is 10.5 Å². The summed E-state index contributed by atoms with van der Waals surface area (Å²) in [6.45, 7) is 1.80. The number of carbonyl (C=O) groups excluding carboxylic acids is 1. The molecule has 22 heavy (non-hydrogen) atoms. The van der Waals surface area contributed by atoms with Gasteiger partial charge in [0.05, 0.1) is 5.56 Å². The van der Waals surface area contributed by atoms with Crippen molar-refractivity contribution >= 4 is 21.7 Å². The van der Waals surface area contributed by atoms with Crippen LogP contribution in [0.4, 0.5) is 0 Å². The number of benzene rings is 2. The molecule has 0 saturated heterocycles. The lowest BCUT2D eigenvalue weighted by molar-refractivity contribution is 0.0918. The molecule has 5 heteroatoms. The minimum atomic E-state index is -0.335. The largest absolute Gasteiger partial charge is 0.508 e. The third-order valence-corrected chi connectivity index (χ3v) is 3.73. The van der Waals surface area contributed by atoms with Crippen LogP contribution in [0.3, 0.4) is 0 Å². The molecule has 0 aliphatic heterocycles. The number of ketones is 1. The second-order valence-electron chi connectivity index (χ2n) is 4.91. The zero-order valence-corrected chi connectivity index (χ0v) is 13.8. The summed E-state index contributed by atoms with van der Waals surface area (Å²) in [6, 6.07) is 9.86. The molecule has 0 amide bonds. The van der Waals surface area contributed by atoms with E-state index in [0.717, 1.165) is 10.9 Å². The molecule has 2 rings (SSSR count). The number of ether oxygens (including phenoxy) is 1. The van der Waals surface area contributed by atoms with E-state index in [1.807, 2.05) is 19.1 Å². The van der Waals surface area contributed by atoms with E-state index >= 15 is 0 Å². The van der Waals surface area contributed by atoms with Gasteiger partial charge in [0.1, 0.15) is 17.2 Å². The van der Waals surface area contributed by atoms with Gasteiger partial charge in [-0.3, -0.25) is 4.79 Å². The third-order valence-electron chi connectivity index (χ3n) is 3.20. The Bertz CT molecular complexity index is 665. The van der Waals surface area contributed by atoms with Crippen molar-refractivity contribution in [3.8, 4) is 17.2 Å². The number of halogens is 1. The Hall–Kier alpha value is -2.01. The molecule has 116 valence electrons. The van der Waals surface area contributed by atoms with Crippen LogP contribution in [0.25, 0.3) is 0 Å². The van der Waals surface area contributed by atoms with Crippen LogP contribution in [0.1, 0.15) is 29.3 Å². The van der Waals surface area contributed by atoms with Gasteiger partial charge in [-0.2, -0.15) is 0 Å². The molecule has 4 nitrogen and oxygen atoms in total. The van der Waals surface area contributed by atoms with Crippen molar-refractivity contribution in [3.63, 3.8) is 0 Å². The van der Waals surface area contributed by atoms with Crippen LogP contribution in [0.5, 0.6) is 17.2 Å². The fourth-order valence-electron chi connectivity index (χ4n) is 2.07. The highest BCUT2D eigenvalue weighted by Gasteiger charge is 2.15. The van der Waals surface area contributed by atoms with Crippen LogP contribution in [0.2, 0.25) is 0 Å². The maximum Gasteiger partial charge on any atom is 0.203 e. The van der Waals surface area contributed by atoms with Crippen LogP contribution in [-0.4, -0.2) is 22.6 Å². The lowest BCUT2D eigenvalue weighted by Crippen LogP contribution is -2.12. The Kier molecular flexibility index (Phi) is 5.44. The molecular weight excluding hydrogens is 348 g/mol. The van der Waals surface area contributed by atoms with E-state index < -0.39 is 0 Å². The summed E-state index contributed by atoms with van der Waals surface area (Å²) >= 11 is 3.32. The molecule has 0 atom stereocenters. The molecule has 0 radical (unpaired) electrons. The second-order valence-corrected chi connectivity index (χ2v) is 5.83. The SMILES string of the molecule is CCCc1cc(C(=O)COc2ccc(Br)cc2)c(O)cc1O. The summed E-state index contributed by atoms with van der Waals surface area (Å²) < 4.78 is 6.34. The van der Waals surface area contributed by atoms with E-state index in [2.05, 4.69) is 15.9 Å². The fourth-order valence-corrected chi connectivity index (χ4v) is 2.34. The number of phenols is 2. The Morgan fingerprint density at radius 3 is 2.45 bits per heavy atom. The molecular formula is C17H17BrO4. The van der Waals surface area contributed by atoms with Gasteiger partial charge in [0.2, 0.25) is 5.78 Å². The van der Waals surface area contributed by atoms with E-state index in [9.17, 15) is 15.0 Å². The highest BCUT2D eigenvalue weighted by molar-refractivity contribution is 9.10. The zero-order valence-electron chi connectivity index (χ0n) is 12.2. The predicted molar refractivity (Wildman–Crippen MR) is 87.7 cm³/mol. The van der Waals surface area contributed by atoms with Gasteiger partial charge < -0.3 is 14.9 Å². The summed E-state index contributed by atoms with van der Waals surface area (Å²) in [5, 5.41) is 19.6. The van der Waals surface area contributed by atoms with Crippen molar-refractivity contribution in [2.45, 2.75) is 19.8 Å². The van der Waals surface area contributed by atoms with Gasteiger partial charge in [-0.15, -0.1) is 0 Å². The first-order chi connectivity index (χ1) is 10.5. The molecule has 0 fully saturated rings. The quantitative estimate of drug-likeness (QED) is 0.758. The molecule has 2 aromatic carbocycles. The molecule has 0 spiro atoms. The van der Waals surface area contributed by atoms with E-state index in [1.165, 1.54) is 12.1 Å². The lowest BCUT2D eigenvalue weighted by atomic mass is 10.0. The average molecular weight is 365 g/mol. The van der Waals surface area contributed by atoms with Crippen molar-refractivity contribution in [2.75, 3.05) is 6.61 Å². The Morgan fingerprint density at radius 2 is 1.82 bits per heavy atom. The van der Waals surface area contributed by atoms with E-state index in [4.69, 9.17) is 4.74 Å². The Balaban J connectivity index is 2.11. The van der Waals surface area contributed by atoms with Crippen LogP contribution < -0.4 is 4.74 Å². The van der Waals surface area contributed by atoms with Crippen molar-refractivity contribution in [3.05, 3.63) is 52.0 Å². The number of aromatic hydroxyl groups is 2.